The molecule has 22 heavy (non-hydrogen) atoms. The number of carbonyl (C=O) groups excluding carboxylic acids is 1. The SMILES string of the molecule is Cc1ccc(C(=O)CSc2nc3ccccc3c(=O)n2C)o1. The Bertz CT molecular complexity index is 911. The van der Waals surface area contributed by atoms with E-state index >= 15 is 0 Å². The lowest BCUT2D eigenvalue weighted by Crippen LogP contribution is -2.20. The summed E-state index contributed by atoms with van der Waals surface area (Å²) in [6.45, 7) is 1.79. The molecule has 2 aromatic heterocycles. The average molecular weight is 314 g/mol. The fourth-order valence-electron chi connectivity index (χ4n) is 2.11. The number of rotatable bonds is 4. The summed E-state index contributed by atoms with van der Waals surface area (Å²) >= 11 is 1.23. The molecule has 0 saturated carbocycles. The summed E-state index contributed by atoms with van der Waals surface area (Å²) in [4.78, 5) is 28.8. The molecule has 0 N–H and O–H groups in total. The molecule has 0 radical (unpaired) electrons. The van der Waals surface area contributed by atoms with E-state index in [9.17, 15) is 9.59 Å². The van der Waals surface area contributed by atoms with Gasteiger partial charge in [-0.3, -0.25) is 14.2 Å². The van der Waals surface area contributed by atoms with Gasteiger partial charge in [0.1, 0.15) is 5.76 Å². The molecule has 0 saturated heterocycles. The van der Waals surface area contributed by atoms with Crippen LogP contribution in [0, 0.1) is 6.92 Å². The van der Waals surface area contributed by atoms with Gasteiger partial charge >= 0.3 is 0 Å². The van der Waals surface area contributed by atoms with Crippen LogP contribution in [0.1, 0.15) is 16.3 Å². The van der Waals surface area contributed by atoms with Crippen LogP contribution >= 0.6 is 11.8 Å². The summed E-state index contributed by atoms with van der Waals surface area (Å²) in [5, 5.41) is 1.09. The minimum Gasteiger partial charge on any atom is -0.458 e. The fourth-order valence-corrected chi connectivity index (χ4v) is 2.95. The molecule has 0 aliphatic carbocycles. The topological polar surface area (TPSA) is 65.1 Å². The Kier molecular flexibility index (Phi) is 3.85. The zero-order chi connectivity index (χ0) is 15.7. The number of aromatic nitrogens is 2. The van der Waals surface area contributed by atoms with Crippen molar-refractivity contribution in [3.8, 4) is 0 Å². The highest BCUT2D eigenvalue weighted by Crippen LogP contribution is 2.19. The van der Waals surface area contributed by atoms with Crippen molar-refractivity contribution < 1.29 is 9.21 Å². The van der Waals surface area contributed by atoms with Crippen LogP contribution in [0.3, 0.4) is 0 Å². The highest BCUT2D eigenvalue weighted by Gasteiger charge is 2.14. The molecular formula is C16H14N2O3S. The summed E-state index contributed by atoms with van der Waals surface area (Å²) in [7, 11) is 1.66. The first-order valence-corrected chi connectivity index (χ1v) is 7.73. The van der Waals surface area contributed by atoms with Crippen LogP contribution in [0.15, 0.2) is 50.8 Å². The molecule has 3 aromatic rings. The smallest absolute Gasteiger partial charge is 0.261 e. The second kappa shape index (κ2) is 5.81. The van der Waals surface area contributed by atoms with E-state index in [1.54, 1.807) is 44.3 Å². The van der Waals surface area contributed by atoms with Gasteiger partial charge in [-0.1, -0.05) is 23.9 Å². The van der Waals surface area contributed by atoms with Gasteiger partial charge in [-0.2, -0.15) is 0 Å². The van der Waals surface area contributed by atoms with Gasteiger partial charge in [0.15, 0.2) is 10.9 Å². The molecule has 0 atom stereocenters. The normalized spacial score (nSPS) is 11.0. The molecule has 0 spiro atoms. The molecule has 3 rings (SSSR count). The van der Waals surface area contributed by atoms with Gasteiger partial charge in [-0.25, -0.2) is 4.98 Å². The number of thioether (sulfide) groups is 1. The maximum Gasteiger partial charge on any atom is 0.261 e. The number of hydrogen-bond donors (Lipinski definition) is 0. The molecular weight excluding hydrogens is 300 g/mol. The number of nitrogens with zero attached hydrogens (tertiary/aromatic N) is 2. The zero-order valence-corrected chi connectivity index (χ0v) is 13.0. The predicted octanol–water partition coefficient (Wildman–Crippen LogP) is 2.81. The summed E-state index contributed by atoms with van der Waals surface area (Å²) in [6.07, 6.45) is 0. The van der Waals surface area contributed by atoms with Crippen LogP contribution in [0.25, 0.3) is 10.9 Å². The van der Waals surface area contributed by atoms with Gasteiger partial charge in [0, 0.05) is 7.05 Å². The molecule has 2 heterocycles. The van der Waals surface area contributed by atoms with Crippen molar-refractivity contribution in [2.75, 3.05) is 5.75 Å². The van der Waals surface area contributed by atoms with Crippen molar-refractivity contribution in [1.82, 2.24) is 9.55 Å². The van der Waals surface area contributed by atoms with Gasteiger partial charge in [0.2, 0.25) is 5.78 Å². The second-order valence-corrected chi connectivity index (χ2v) is 5.84. The molecule has 6 heteroatoms. The largest absolute Gasteiger partial charge is 0.458 e. The molecule has 0 amide bonds. The van der Waals surface area contributed by atoms with Gasteiger partial charge in [0.25, 0.3) is 5.56 Å². The van der Waals surface area contributed by atoms with Crippen molar-refractivity contribution in [1.29, 1.82) is 0 Å². The Hall–Kier alpha value is -2.34. The highest BCUT2D eigenvalue weighted by atomic mass is 32.2. The molecule has 0 aliphatic rings. The molecule has 5 nitrogen and oxygen atoms in total. The maximum absolute atomic E-state index is 12.3. The summed E-state index contributed by atoms with van der Waals surface area (Å²) in [5.74, 6) is 1.08. The van der Waals surface area contributed by atoms with E-state index in [0.717, 1.165) is 0 Å². The summed E-state index contributed by atoms with van der Waals surface area (Å²) < 4.78 is 6.77. The number of Topliss-reactive ketones (excluding diaryl/α,β-unsaturated/α-hetero) is 1. The van der Waals surface area contributed by atoms with Crippen molar-refractivity contribution in [2.45, 2.75) is 12.1 Å². The lowest BCUT2D eigenvalue weighted by Gasteiger charge is -2.07. The summed E-state index contributed by atoms with van der Waals surface area (Å²) in [5.41, 5.74) is 0.517. The monoisotopic (exact) mass is 314 g/mol. The average Bonchev–Trinajstić information content (AvgIpc) is 2.96. The Balaban J connectivity index is 1.86. The van der Waals surface area contributed by atoms with Crippen LogP contribution in [-0.4, -0.2) is 21.1 Å². The lowest BCUT2D eigenvalue weighted by molar-refractivity contribution is 0.0991. The van der Waals surface area contributed by atoms with Crippen LogP contribution in [-0.2, 0) is 7.05 Å². The molecule has 1 aromatic carbocycles. The Labute approximate surface area is 131 Å². The van der Waals surface area contributed by atoms with Crippen molar-refractivity contribution in [3.63, 3.8) is 0 Å². The Morgan fingerprint density at radius 2 is 2.05 bits per heavy atom. The van der Waals surface area contributed by atoms with Crippen LogP contribution in [0.4, 0.5) is 0 Å². The Morgan fingerprint density at radius 1 is 1.27 bits per heavy atom. The van der Waals surface area contributed by atoms with Crippen LogP contribution < -0.4 is 5.56 Å². The zero-order valence-electron chi connectivity index (χ0n) is 12.2. The van der Waals surface area contributed by atoms with Crippen molar-refractivity contribution in [2.24, 2.45) is 7.05 Å². The molecule has 0 fully saturated rings. The molecule has 0 aliphatic heterocycles. The van der Waals surface area contributed by atoms with E-state index in [1.165, 1.54) is 16.3 Å². The first kappa shape index (κ1) is 14.6. The third-order valence-electron chi connectivity index (χ3n) is 3.29. The third kappa shape index (κ3) is 2.69. The maximum atomic E-state index is 12.3. The minimum atomic E-state index is -0.125. The highest BCUT2D eigenvalue weighted by molar-refractivity contribution is 7.99. The van der Waals surface area contributed by atoms with Gasteiger partial charge in [-0.15, -0.1) is 0 Å². The van der Waals surface area contributed by atoms with Crippen molar-refractivity contribution in [3.05, 3.63) is 58.3 Å². The first-order chi connectivity index (χ1) is 10.6. The molecule has 112 valence electrons. The van der Waals surface area contributed by atoms with Gasteiger partial charge in [0.05, 0.1) is 16.7 Å². The molecule has 0 bridgehead atoms. The number of hydrogen-bond acceptors (Lipinski definition) is 5. The predicted molar refractivity (Wildman–Crippen MR) is 85.5 cm³/mol. The van der Waals surface area contributed by atoms with E-state index in [2.05, 4.69) is 4.98 Å². The van der Waals surface area contributed by atoms with E-state index < -0.39 is 0 Å². The first-order valence-electron chi connectivity index (χ1n) is 6.74. The second-order valence-electron chi connectivity index (χ2n) is 4.90. The van der Waals surface area contributed by atoms with E-state index in [4.69, 9.17) is 4.42 Å². The van der Waals surface area contributed by atoms with E-state index in [0.29, 0.717) is 27.6 Å². The minimum absolute atomic E-state index is 0.116. The number of fused-ring (bicyclic) bond motifs is 1. The number of benzene rings is 1. The quantitative estimate of drug-likeness (QED) is 0.421. The van der Waals surface area contributed by atoms with E-state index in [1.807, 2.05) is 6.07 Å². The van der Waals surface area contributed by atoms with Crippen LogP contribution in [0.2, 0.25) is 0 Å². The Morgan fingerprint density at radius 3 is 2.77 bits per heavy atom. The number of furan rings is 1. The van der Waals surface area contributed by atoms with E-state index in [-0.39, 0.29) is 17.1 Å². The molecule has 0 unspecified atom stereocenters. The number of carbonyl (C=O) groups is 1. The van der Waals surface area contributed by atoms with Crippen molar-refractivity contribution >= 4 is 28.4 Å². The van der Waals surface area contributed by atoms with Gasteiger partial charge in [-0.05, 0) is 31.2 Å². The lowest BCUT2D eigenvalue weighted by atomic mass is 10.2. The number of ketones is 1. The fraction of sp³-hybridized carbons (Fsp3) is 0.188. The third-order valence-corrected chi connectivity index (χ3v) is 4.32. The standard InChI is InChI=1S/C16H14N2O3S/c1-10-7-8-14(21-10)13(19)9-22-16-17-12-6-4-3-5-11(12)15(20)18(16)2/h3-8H,9H2,1-2H3. The summed E-state index contributed by atoms with van der Waals surface area (Å²) in [6, 6.07) is 10.6. The number of para-hydroxylation sites is 1. The number of aryl methyl sites for hydroxylation is 1. The van der Waals surface area contributed by atoms with Crippen LogP contribution in [0.5, 0.6) is 0 Å². The van der Waals surface area contributed by atoms with Gasteiger partial charge < -0.3 is 4.42 Å².